The Morgan fingerprint density at radius 3 is 2.83 bits per heavy atom. The van der Waals surface area contributed by atoms with E-state index in [0.29, 0.717) is 13.1 Å². The molecule has 0 saturated carbocycles. The molecule has 1 fully saturated rings. The van der Waals surface area contributed by atoms with E-state index in [4.69, 9.17) is 4.74 Å². The van der Waals surface area contributed by atoms with E-state index in [-0.39, 0.29) is 18.4 Å². The summed E-state index contributed by atoms with van der Waals surface area (Å²) < 4.78 is 5.40. The number of fused-ring (bicyclic) bond motifs is 5. The van der Waals surface area contributed by atoms with Gasteiger partial charge in [0.2, 0.25) is 5.91 Å². The summed E-state index contributed by atoms with van der Waals surface area (Å²) in [6.45, 7) is 3.27. The molecule has 1 aromatic carbocycles. The van der Waals surface area contributed by atoms with Crippen molar-refractivity contribution in [3.8, 4) is 5.75 Å². The summed E-state index contributed by atoms with van der Waals surface area (Å²) in [7, 11) is 1.66. The molecule has 158 valence electrons. The molecule has 5 rings (SSSR count). The summed E-state index contributed by atoms with van der Waals surface area (Å²) in [4.78, 5) is 33.8. The number of carbonyl (C=O) groups excluding carboxylic acids is 2. The van der Waals surface area contributed by atoms with Gasteiger partial charge in [-0.3, -0.25) is 9.59 Å². The summed E-state index contributed by atoms with van der Waals surface area (Å²) in [5.41, 5.74) is 3.41. The molecule has 1 aromatic heterocycles. The predicted molar refractivity (Wildman–Crippen MR) is 115 cm³/mol. The lowest BCUT2D eigenvalue weighted by atomic mass is 9.83. The summed E-state index contributed by atoms with van der Waals surface area (Å²) in [6.07, 6.45) is 8.66. The molecule has 6 heteroatoms. The molecule has 1 N–H and O–H groups in total. The lowest BCUT2D eigenvalue weighted by molar-refractivity contribution is -0.165. The number of hydrogen-bond donors (Lipinski definition) is 1. The Bertz CT molecular complexity index is 1050. The fraction of sp³-hybridized carbons (Fsp3) is 0.500. The molecule has 30 heavy (non-hydrogen) atoms. The third kappa shape index (κ3) is 2.84. The van der Waals surface area contributed by atoms with E-state index < -0.39 is 5.54 Å². The zero-order valence-electron chi connectivity index (χ0n) is 17.8. The second-order valence-corrected chi connectivity index (χ2v) is 8.84. The van der Waals surface area contributed by atoms with Gasteiger partial charge in [-0.15, -0.1) is 0 Å². The molecule has 1 atom stereocenters. The van der Waals surface area contributed by atoms with Crippen LogP contribution in [0.5, 0.6) is 5.75 Å². The molecule has 1 aliphatic carbocycles. The molecule has 3 aliphatic rings. The monoisotopic (exact) mass is 407 g/mol. The van der Waals surface area contributed by atoms with Gasteiger partial charge in [0.25, 0.3) is 5.91 Å². The molecule has 0 bridgehead atoms. The smallest absolute Gasteiger partial charge is 0.254 e. The summed E-state index contributed by atoms with van der Waals surface area (Å²) in [5, 5.41) is 1.08. The average molecular weight is 408 g/mol. The number of H-pyrrole nitrogens is 1. The first kappa shape index (κ1) is 19.2. The Balaban J connectivity index is 1.50. The van der Waals surface area contributed by atoms with Crippen LogP contribution in [0.25, 0.3) is 10.9 Å². The number of piperazine rings is 1. The minimum atomic E-state index is -0.976. The van der Waals surface area contributed by atoms with Gasteiger partial charge in [-0.05, 0) is 69.2 Å². The van der Waals surface area contributed by atoms with Crippen molar-refractivity contribution in [2.75, 3.05) is 26.7 Å². The van der Waals surface area contributed by atoms with Crippen LogP contribution < -0.4 is 4.74 Å². The van der Waals surface area contributed by atoms with Gasteiger partial charge >= 0.3 is 0 Å². The number of ether oxygens (including phenoxy) is 1. The third-order valence-electron chi connectivity index (χ3n) is 7.14. The quantitative estimate of drug-likeness (QED) is 0.789. The number of nitrogens with zero attached hydrogens (tertiary/aromatic N) is 2. The van der Waals surface area contributed by atoms with Crippen molar-refractivity contribution >= 4 is 22.7 Å². The van der Waals surface area contributed by atoms with Crippen LogP contribution in [0, 0.1) is 0 Å². The van der Waals surface area contributed by atoms with E-state index in [0.717, 1.165) is 53.6 Å². The normalized spacial score (nSPS) is 24.0. The standard InChI is InChI=1S/C24H29N3O3/c1-24-22-18(19-14-17(30-2)8-9-20(19)25-22)11-13-27(24)21(28)15-26(23(24)29)12-10-16-6-4-3-5-7-16/h6,8-9,14,25H,3-5,7,10-13,15H2,1-2H3. The van der Waals surface area contributed by atoms with E-state index in [2.05, 4.69) is 11.1 Å². The number of aromatic nitrogens is 1. The van der Waals surface area contributed by atoms with Crippen molar-refractivity contribution in [3.63, 3.8) is 0 Å². The topological polar surface area (TPSA) is 65.6 Å². The SMILES string of the molecule is COc1ccc2[nH]c3c(c2c1)CCN1C(=O)CN(CCC2=CCCCC2)C(=O)C31C. The van der Waals surface area contributed by atoms with Gasteiger partial charge in [0.05, 0.1) is 19.3 Å². The minimum absolute atomic E-state index is 0.0259. The van der Waals surface area contributed by atoms with Crippen LogP contribution in [-0.4, -0.2) is 53.3 Å². The number of carbonyl (C=O) groups is 2. The summed E-state index contributed by atoms with van der Waals surface area (Å²) in [5.74, 6) is 0.861. The Labute approximate surface area is 176 Å². The highest BCUT2D eigenvalue weighted by Crippen LogP contribution is 2.42. The van der Waals surface area contributed by atoms with Gasteiger partial charge in [-0.1, -0.05) is 11.6 Å². The number of amides is 2. The number of benzene rings is 1. The van der Waals surface area contributed by atoms with Crippen molar-refractivity contribution in [1.82, 2.24) is 14.8 Å². The number of allylic oxidation sites excluding steroid dienone is 1. The van der Waals surface area contributed by atoms with E-state index >= 15 is 0 Å². The second kappa shape index (κ2) is 7.18. The first-order valence-electron chi connectivity index (χ1n) is 11.0. The van der Waals surface area contributed by atoms with Gasteiger partial charge < -0.3 is 19.5 Å². The lowest BCUT2D eigenvalue weighted by Gasteiger charge is -2.49. The van der Waals surface area contributed by atoms with Crippen molar-refractivity contribution in [2.45, 2.75) is 51.0 Å². The molecule has 0 spiro atoms. The number of aromatic amines is 1. The van der Waals surface area contributed by atoms with E-state index in [1.165, 1.54) is 18.4 Å². The number of rotatable bonds is 4. The fourth-order valence-electron chi connectivity index (χ4n) is 5.43. The number of hydrogen-bond acceptors (Lipinski definition) is 3. The van der Waals surface area contributed by atoms with Gasteiger partial charge in [0.1, 0.15) is 5.75 Å². The molecule has 6 nitrogen and oxygen atoms in total. The molecule has 2 amide bonds. The van der Waals surface area contributed by atoms with Crippen LogP contribution in [-0.2, 0) is 21.5 Å². The molecule has 1 saturated heterocycles. The average Bonchev–Trinajstić information content (AvgIpc) is 3.15. The molecule has 0 radical (unpaired) electrons. The maximum absolute atomic E-state index is 13.7. The lowest BCUT2D eigenvalue weighted by Crippen LogP contribution is -2.67. The molecule has 1 unspecified atom stereocenters. The van der Waals surface area contributed by atoms with Crippen molar-refractivity contribution in [2.24, 2.45) is 0 Å². The third-order valence-corrected chi connectivity index (χ3v) is 7.14. The van der Waals surface area contributed by atoms with Crippen molar-refractivity contribution < 1.29 is 14.3 Å². The zero-order chi connectivity index (χ0) is 20.9. The van der Waals surface area contributed by atoms with Crippen molar-refractivity contribution in [3.05, 3.63) is 41.1 Å². The van der Waals surface area contributed by atoms with Crippen LogP contribution in [0.1, 0.15) is 50.3 Å². The fourth-order valence-corrected chi connectivity index (χ4v) is 5.43. The summed E-state index contributed by atoms with van der Waals surface area (Å²) >= 11 is 0. The Kier molecular flexibility index (Phi) is 4.60. The molecule has 3 heterocycles. The van der Waals surface area contributed by atoms with Crippen LogP contribution in [0.2, 0.25) is 0 Å². The molecule has 2 aliphatic heterocycles. The van der Waals surface area contributed by atoms with Crippen LogP contribution in [0.4, 0.5) is 0 Å². The Hall–Kier alpha value is -2.76. The minimum Gasteiger partial charge on any atom is -0.497 e. The Morgan fingerprint density at radius 1 is 1.20 bits per heavy atom. The van der Waals surface area contributed by atoms with Gasteiger partial charge in [0, 0.05) is 24.0 Å². The largest absolute Gasteiger partial charge is 0.497 e. The van der Waals surface area contributed by atoms with Crippen LogP contribution >= 0.6 is 0 Å². The predicted octanol–water partition coefficient (Wildman–Crippen LogP) is 3.51. The van der Waals surface area contributed by atoms with Gasteiger partial charge in [0.15, 0.2) is 5.54 Å². The molecular formula is C24H29N3O3. The number of methoxy groups -OCH3 is 1. The Morgan fingerprint density at radius 2 is 2.07 bits per heavy atom. The molecule has 2 aromatic rings. The second-order valence-electron chi connectivity index (χ2n) is 8.84. The summed E-state index contributed by atoms with van der Waals surface area (Å²) in [6, 6.07) is 5.93. The zero-order valence-corrected chi connectivity index (χ0v) is 17.8. The number of nitrogens with one attached hydrogen (secondary N) is 1. The highest BCUT2D eigenvalue weighted by molar-refractivity contribution is 6.00. The van der Waals surface area contributed by atoms with E-state index in [1.54, 1.807) is 16.9 Å². The van der Waals surface area contributed by atoms with Gasteiger partial charge in [-0.2, -0.15) is 0 Å². The van der Waals surface area contributed by atoms with E-state index in [9.17, 15) is 9.59 Å². The van der Waals surface area contributed by atoms with E-state index in [1.807, 2.05) is 25.1 Å². The maximum atomic E-state index is 13.7. The van der Waals surface area contributed by atoms with Crippen LogP contribution in [0.15, 0.2) is 29.8 Å². The van der Waals surface area contributed by atoms with Crippen LogP contribution in [0.3, 0.4) is 0 Å². The van der Waals surface area contributed by atoms with Gasteiger partial charge in [-0.25, -0.2) is 0 Å². The highest BCUT2D eigenvalue weighted by Gasteiger charge is 2.53. The highest BCUT2D eigenvalue weighted by atomic mass is 16.5. The maximum Gasteiger partial charge on any atom is 0.254 e. The molecular weight excluding hydrogens is 378 g/mol. The first-order chi connectivity index (χ1) is 14.5. The van der Waals surface area contributed by atoms with Crippen molar-refractivity contribution in [1.29, 1.82) is 0 Å². The first-order valence-corrected chi connectivity index (χ1v) is 11.0.